The Morgan fingerprint density at radius 1 is 1.71 bits per heavy atom. The van der Waals surface area contributed by atoms with Crippen molar-refractivity contribution >= 4 is 15.9 Å². The molecule has 0 aliphatic carbocycles. The van der Waals surface area contributed by atoms with Crippen LogP contribution in [0.1, 0.15) is 19.8 Å². The first-order valence-corrected chi connectivity index (χ1v) is 3.44. The molecule has 1 nitrogen and oxygen atoms in total. The summed E-state index contributed by atoms with van der Waals surface area (Å²) in [6, 6.07) is 0. The minimum atomic E-state index is 0.315. The topological polar surface area (TPSA) is 20.2 Å². The maximum Gasteiger partial charge on any atom is 0.0431 e. The van der Waals surface area contributed by atoms with E-state index >= 15 is 0 Å². The molecule has 1 N–H and O–H groups in total. The van der Waals surface area contributed by atoms with E-state index < -0.39 is 0 Å². The minimum Gasteiger partial charge on any atom is -0.396 e. The Balaban J connectivity index is 2.68. The highest BCUT2D eigenvalue weighted by Crippen LogP contribution is 2.04. The Hall–Kier alpha value is 0.440. The van der Waals surface area contributed by atoms with Gasteiger partial charge >= 0.3 is 0 Å². The highest BCUT2D eigenvalue weighted by atomic mass is 79.9. The van der Waals surface area contributed by atoms with Gasteiger partial charge in [-0.25, -0.2) is 0 Å². The Morgan fingerprint density at radius 2 is 2.29 bits per heavy atom. The molecule has 44 valence electrons. The number of aliphatic hydroxyl groups is 1. The molecule has 0 unspecified atom stereocenters. The first-order chi connectivity index (χ1) is 3.27. The van der Waals surface area contributed by atoms with Crippen LogP contribution in [0.25, 0.3) is 0 Å². The average molecular weight is 167 g/mol. The second kappa shape index (κ2) is 4.60. The van der Waals surface area contributed by atoms with Crippen LogP contribution >= 0.6 is 15.9 Å². The largest absolute Gasteiger partial charge is 0.396 e. The zero-order valence-electron chi connectivity index (χ0n) is 4.52. The molecule has 0 aromatic heterocycles. The van der Waals surface area contributed by atoms with Crippen LogP contribution < -0.4 is 0 Å². The normalized spacial score (nSPS) is 14.1. The van der Waals surface area contributed by atoms with Crippen LogP contribution in [-0.4, -0.2) is 16.5 Å². The first kappa shape index (κ1) is 7.44. The smallest absolute Gasteiger partial charge is 0.0431 e. The van der Waals surface area contributed by atoms with E-state index in [2.05, 4.69) is 22.9 Å². The van der Waals surface area contributed by atoms with E-state index in [1.807, 2.05) is 0 Å². The van der Waals surface area contributed by atoms with Crippen molar-refractivity contribution in [3.8, 4) is 0 Å². The van der Waals surface area contributed by atoms with Crippen LogP contribution in [0.4, 0.5) is 0 Å². The van der Waals surface area contributed by atoms with E-state index in [-0.39, 0.29) is 0 Å². The molecular weight excluding hydrogens is 156 g/mol. The van der Waals surface area contributed by atoms with Crippen molar-refractivity contribution in [3.63, 3.8) is 0 Å². The molecule has 0 fully saturated rings. The molecule has 7 heavy (non-hydrogen) atoms. The average Bonchev–Trinajstić information content (AvgIpc) is 1.61. The number of rotatable bonds is 3. The standard InChI is InChI=1S/C5H11BrO/c1-5(6)3-2-4-7/h5,7H,2-4H2,1H3/t5-/m0/s1. The molecule has 1 atom stereocenters. The van der Waals surface area contributed by atoms with Gasteiger partial charge in [-0.05, 0) is 12.8 Å². The summed E-state index contributed by atoms with van der Waals surface area (Å²) >= 11 is 3.36. The van der Waals surface area contributed by atoms with Crippen molar-refractivity contribution in [1.29, 1.82) is 0 Å². The van der Waals surface area contributed by atoms with Gasteiger partial charge in [-0.15, -0.1) is 0 Å². The Labute approximate surface area is 52.9 Å². The fraction of sp³-hybridized carbons (Fsp3) is 1.00. The van der Waals surface area contributed by atoms with Gasteiger partial charge in [0.25, 0.3) is 0 Å². The molecule has 0 heterocycles. The van der Waals surface area contributed by atoms with Crippen LogP contribution in [0.3, 0.4) is 0 Å². The Kier molecular flexibility index (Phi) is 4.88. The van der Waals surface area contributed by atoms with Crippen LogP contribution in [0.2, 0.25) is 0 Å². The zero-order valence-corrected chi connectivity index (χ0v) is 6.11. The van der Waals surface area contributed by atoms with Gasteiger partial charge in [0.15, 0.2) is 0 Å². The lowest BCUT2D eigenvalue weighted by molar-refractivity contribution is 0.285. The van der Waals surface area contributed by atoms with Gasteiger partial charge in [-0.1, -0.05) is 22.9 Å². The van der Waals surface area contributed by atoms with Gasteiger partial charge in [-0.3, -0.25) is 0 Å². The second-order valence-corrected chi connectivity index (χ2v) is 3.21. The Morgan fingerprint density at radius 3 is 2.43 bits per heavy atom. The third-order valence-corrected chi connectivity index (χ3v) is 1.22. The van der Waals surface area contributed by atoms with E-state index in [4.69, 9.17) is 5.11 Å². The first-order valence-electron chi connectivity index (χ1n) is 2.52. The predicted molar refractivity (Wildman–Crippen MR) is 34.7 cm³/mol. The third kappa shape index (κ3) is 6.44. The summed E-state index contributed by atoms with van der Waals surface area (Å²) in [5, 5.41) is 8.29. The second-order valence-electron chi connectivity index (χ2n) is 1.65. The van der Waals surface area contributed by atoms with Gasteiger partial charge in [0.2, 0.25) is 0 Å². The molecule has 0 aromatic rings. The summed E-state index contributed by atoms with van der Waals surface area (Å²) in [5.74, 6) is 0. The van der Waals surface area contributed by atoms with E-state index in [1.165, 1.54) is 0 Å². The third-order valence-electron chi connectivity index (χ3n) is 0.760. The molecule has 2 heteroatoms. The number of aliphatic hydroxyl groups excluding tert-OH is 1. The Bertz CT molecular complexity index is 37.1. The summed E-state index contributed by atoms with van der Waals surface area (Å²) in [6.07, 6.45) is 1.98. The van der Waals surface area contributed by atoms with E-state index in [0.717, 1.165) is 12.8 Å². The minimum absolute atomic E-state index is 0.315. The molecule has 0 amide bonds. The van der Waals surface area contributed by atoms with Crippen LogP contribution in [0.15, 0.2) is 0 Å². The maximum absolute atomic E-state index is 8.29. The fourth-order valence-electron chi connectivity index (χ4n) is 0.373. The monoisotopic (exact) mass is 166 g/mol. The van der Waals surface area contributed by atoms with Gasteiger partial charge < -0.3 is 5.11 Å². The van der Waals surface area contributed by atoms with Crippen molar-refractivity contribution in [2.75, 3.05) is 6.61 Å². The van der Waals surface area contributed by atoms with Crippen molar-refractivity contribution in [2.24, 2.45) is 0 Å². The van der Waals surface area contributed by atoms with Crippen molar-refractivity contribution in [2.45, 2.75) is 24.6 Å². The molecule has 0 aromatic carbocycles. The fourth-order valence-corrected chi connectivity index (χ4v) is 0.696. The van der Waals surface area contributed by atoms with Crippen LogP contribution in [-0.2, 0) is 0 Å². The van der Waals surface area contributed by atoms with Gasteiger partial charge in [-0.2, -0.15) is 0 Å². The highest BCUT2D eigenvalue weighted by Gasteiger charge is 1.91. The lowest BCUT2D eigenvalue weighted by Crippen LogP contribution is -1.91. The number of hydrogen-bond acceptors (Lipinski definition) is 1. The SMILES string of the molecule is C[C@H](Br)CCCO. The molecular formula is C5H11BrO. The van der Waals surface area contributed by atoms with E-state index in [1.54, 1.807) is 0 Å². The zero-order chi connectivity index (χ0) is 5.70. The summed E-state index contributed by atoms with van der Waals surface area (Å²) in [5.41, 5.74) is 0. The van der Waals surface area contributed by atoms with Crippen molar-refractivity contribution < 1.29 is 5.11 Å². The predicted octanol–water partition coefficient (Wildman–Crippen LogP) is 1.54. The van der Waals surface area contributed by atoms with Crippen molar-refractivity contribution in [3.05, 3.63) is 0 Å². The molecule has 0 aliphatic rings. The van der Waals surface area contributed by atoms with E-state index in [9.17, 15) is 0 Å². The number of alkyl halides is 1. The summed E-state index contributed by atoms with van der Waals surface area (Å²) in [6.45, 7) is 2.39. The van der Waals surface area contributed by atoms with Crippen LogP contribution in [0.5, 0.6) is 0 Å². The molecule has 0 saturated heterocycles. The summed E-state index contributed by atoms with van der Waals surface area (Å²) < 4.78 is 0. The van der Waals surface area contributed by atoms with Gasteiger partial charge in [0.05, 0.1) is 0 Å². The summed E-state index contributed by atoms with van der Waals surface area (Å²) in [7, 11) is 0. The molecule has 0 saturated carbocycles. The summed E-state index contributed by atoms with van der Waals surface area (Å²) in [4.78, 5) is 0.555. The highest BCUT2D eigenvalue weighted by molar-refractivity contribution is 9.09. The lowest BCUT2D eigenvalue weighted by atomic mass is 10.3. The van der Waals surface area contributed by atoms with Gasteiger partial charge in [0.1, 0.15) is 0 Å². The number of halogens is 1. The molecule has 0 spiro atoms. The number of hydrogen-bond donors (Lipinski definition) is 1. The van der Waals surface area contributed by atoms with E-state index in [0.29, 0.717) is 11.4 Å². The quantitative estimate of drug-likeness (QED) is 0.632. The van der Waals surface area contributed by atoms with Crippen molar-refractivity contribution in [1.82, 2.24) is 0 Å². The van der Waals surface area contributed by atoms with Crippen LogP contribution in [0, 0.1) is 0 Å². The molecule has 0 bridgehead atoms. The lowest BCUT2D eigenvalue weighted by Gasteiger charge is -1.96. The molecule has 0 radical (unpaired) electrons. The van der Waals surface area contributed by atoms with Gasteiger partial charge in [0, 0.05) is 11.4 Å². The molecule has 0 aliphatic heterocycles. The molecule has 0 rings (SSSR count). The maximum atomic E-state index is 8.29.